The number of amides is 1. The number of anilines is 1. The standard InChI is InChI=1S/C26H26F2N2O2S/c1-17(31)18-7-10-25(24(28)15-18)29-11-13-30(14-12-29)26(32)22-16-19(33-2)8-9-20(22)21-5-3-4-6-23(21)27/h3-10,15-17,31H,11-14H2,1-2H3. The van der Waals surface area contributed by atoms with Gasteiger partial charge in [0.05, 0.1) is 11.8 Å². The molecule has 33 heavy (non-hydrogen) atoms. The summed E-state index contributed by atoms with van der Waals surface area (Å²) < 4.78 is 29.1. The quantitative estimate of drug-likeness (QED) is 0.512. The van der Waals surface area contributed by atoms with Gasteiger partial charge in [-0.15, -0.1) is 11.8 Å². The number of hydrogen-bond donors (Lipinski definition) is 1. The van der Waals surface area contributed by atoms with Crippen LogP contribution in [0.25, 0.3) is 11.1 Å². The van der Waals surface area contributed by atoms with Gasteiger partial charge < -0.3 is 14.9 Å². The zero-order valence-corrected chi connectivity index (χ0v) is 19.4. The number of benzene rings is 3. The molecule has 1 fully saturated rings. The Labute approximate surface area is 196 Å². The Morgan fingerprint density at radius 3 is 2.30 bits per heavy atom. The van der Waals surface area contributed by atoms with Gasteiger partial charge in [-0.25, -0.2) is 8.78 Å². The molecular weight excluding hydrogens is 442 g/mol. The first-order valence-electron chi connectivity index (χ1n) is 10.8. The number of carbonyl (C=O) groups is 1. The number of hydrogen-bond acceptors (Lipinski definition) is 4. The third kappa shape index (κ3) is 4.89. The van der Waals surface area contributed by atoms with Crippen molar-refractivity contribution in [1.82, 2.24) is 4.90 Å². The topological polar surface area (TPSA) is 43.8 Å². The van der Waals surface area contributed by atoms with Crippen LogP contribution in [0.4, 0.5) is 14.5 Å². The highest BCUT2D eigenvalue weighted by molar-refractivity contribution is 7.98. The minimum absolute atomic E-state index is 0.159. The number of aliphatic hydroxyl groups is 1. The van der Waals surface area contributed by atoms with Crippen molar-refractivity contribution in [2.24, 2.45) is 0 Å². The van der Waals surface area contributed by atoms with E-state index >= 15 is 0 Å². The van der Waals surface area contributed by atoms with Gasteiger partial charge in [0.25, 0.3) is 5.91 Å². The van der Waals surface area contributed by atoms with Crippen LogP contribution < -0.4 is 4.90 Å². The summed E-state index contributed by atoms with van der Waals surface area (Å²) in [6, 6.07) is 16.7. The average Bonchev–Trinajstić information content (AvgIpc) is 2.83. The molecule has 3 aromatic carbocycles. The Hall–Kier alpha value is -2.90. The first-order valence-corrected chi connectivity index (χ1v) is 12.1. The number of aliphatic hydroxyl groups excluding tert-OH is 1. The molecule has 0 aliphatic carbocycles. The summed E-state index contributed by atoms with van der Waals surface area (Å²) in [5.74, 6) is -0.916. The van der Waals surface area contributed by atoms with E-state index in [1.54, 1.807) is 48.2 Å². The second-order valence-corrected chi connectivity index (χ2v) is 8.94. The largest absolute Gasteiger partial charge is 0.389 e. The molecule has 1 saturated heterocycles. The second kappa shape index (κ2) is 9.93. The van der Waals surface area contributed by atoms with Gasteiger partial charge in [0.15, 0.2) is 0 Å². The summed E-state index contributed by atoms with van der Waals surface area (Å²) in [7, 11) is 0. The molecule has 0 spiro atoms. The van der Waals surface area contributed by atoms with Crippen molar-refractivity contribution in [3.8, 4) is 11.1 Å². The van der Waals surface area contributed by atoms with Gasteiger partial charge in [-0.2, -0.15) is 0 Å². The van der Waals surface area contributed by atoms with E-state index in [2.05, 4.69) is 0 Å². The number of piperazine rings is 1. The average molecular weight is 469 g/mol. The Morgan fingerprint density at radius 2 is 1.67 bits per heavy atom. The number of rotatable bonds is 5. The summed E-state index contributed by atoms with van der Waals surface area (Å²) in [5.41, 5.74) is 2.42. The van der Waals surface area contributed by atoms with Crippen LogP contribution in [-0.4, -0.2) is 48.3 Å². The minimum Gasteiger partial charge on any atom is -0.389 e. The van der Waals surface area contributed by atoms with Crippen LogP contribution in [0.3, 0.4) is 0 Å². The van der Waals surface area contributed by atoms with Crippen molar-refractivity contribution in [2.45, 2.75) is 17.9 Å². The molecule has 1 aliphatic heterocycles. The summed E-state index contributed by atoms with van der Waals surface area (Å²) in [6.07, 6.45) is 1.20. The van der Waals surface area contributed by atoms with Crippen LogP contribution in [0.2, 0.25) is 0 Å². The fourth-order valence-electron chi connectivity index (χ4n) is 4.10. The summed E-state index contributed by atoms with van der Waals surface area (Å²) in [5, 5.41) is 9.66. The van der Waals surface area contributed by atoms with E-state index in [9.17, 15) is 18.7 Å². The Bertz CT molecular complexity index is 1160. The molecule has 1 amide bonds. The summed E-state index contributed by atoms with van der Waals surface area (Å²) in [4.78, 5) is 18.0. The van der Waals surface area contributed by atoms with Gasteiger partial charge in [0.2, 0.25) is 0 Å². The smallest absolute Gasteiger partial charge is 0.254 e. The lowest BCUT2D eigenvalue weighted by molar-refractivity contribution is 0.0747. The van der Waals surface area contributed by atoms with Crippen LogP contribution in [0, 0.1) is 11.6 Å². The van der Waals surface area contributed by atoms with Gasteiger partial charge in [-0.3, -0.25) is 4.79 Å². The monoisotopic (exact) mass is 468 g/mol. The molecule has 0 bridgehead atoms. The molecule has 0 radical (unpaired) electrons. The zero-order valence-electron chi connectivity index (χ0n) is 18.6. The first kappa shape index (κ1) is 23.3. The van der Waals surface area contributed by atoms with Crippen LogP contribution in [-0.2, 0) is 0 Å². The molecular formula is C26H26F2N2O2S. The predicted molar refractivity (Wildman–Crippen MR) is 129 cm³/mol. The minimum atomic E-state index is -0.733. The van der Waals surface area contributed by atoms with Crippen molar-refractivity contribution >= 4 is 23.4 Å². The molecule has 1 unspecified atom stereocenters. The highest BCUT2D eigenvalue weighted by Crippen LogP contribution is 2.31. The summed E-state index contributed by atoms with van der Waals surface area (Å²) >= 11 is 1.53. The molecule has 0 aromatic heterocycles. The maximum Gasteiger partial charge on any atom is 0.254 e. The number of nitrogens with zero attached hydrogens (tertiary/aromatic N) is 2. The second-order valence-electron chi connectivity index (χ2n) is 8.06. The first-order chi connectivity index (χ1) is 15.9. The maximum atomic E-state index is 14.6. The van der Waals surface area contributed by atoms with Crippen molar-refractivity contribution < 1.29 is 18.7 Å². The van der Waals surface area contributed by atoms with Gasteiger partial charge >= 0.3 is 0 Å². The van der Waals surface area contributed by atoms with Gasteiger partial charge in [-0.05, 0) is 54.6 Å². The van der Waals surface area contributed by atoms with Crippen molar-refractivity contribution in [2.75, 3.05) is 37.3 Å². The van der Waals surface area contributed by atoms with Gasteiger partial charge in [0, 0.05) is 42.2 Å². The SMILES string of the molecule is CSc1ccc(-c2ccccc2F)c(C(=O)N2CCN(c3ccc(C(C)O)cc3F)CC2)c1. The fraction of sp³-hybridized carbons (Fsp3) is 0.269. The number of halogens is 2. The molecule has 4 nitrogen and oxygen atoms in total. The van der Waals surface area contributed by atoms with Crippen molar-refractivity contribution in [3.63, 3.8) is 0 Å². The molecule has 1 aliphatic rings. The normalized spacial score (nSPS) is 14.9. The Balaban J connectivity index is 1.55. The maximum absolute atomic E-state index is 14.6. The lowest BCUT2D eigenvalue weighted by atomic mass is 9.98. The lowest BCUT2D eigenvalue weighted by Gasteiger charge is -2.36. The van der Waals surface area contributed by atoms with Gasteiger partial charge in [0.1, 0.15) is 11.6 Å². The molecule has 7 heteroatoms. The highest BCUT2D eigenvalue weighted by Gasteiger charge is 2.26. The molecule has 1 N–H and O–H groups in total. The van der Waals surface area contributed by atoms with E-state index in [-0.39, 0.29) is 17.5 Å². The van der Waals surface area contributed by atoms with Crippen LogP contribution in [0.5, 0.6) is 0 Å². The van der Waals surface area contributed by atoms with E-state index < -0.39 is 6.10 Å². The predicted octanol–water partition coefficient (Wildman–Crippen LogP) is 5.37. The number of carbonyl (C=O) groups excluding carboxylic acids is 1. The van der Waals surface area contributed by atoms with E-state index in [0.717, 1.165) is 4.90 Å². The number of thioether (sulfide) groups is 1. The third-order valence-corrected chi connectivity index (χ3v) is 6.71. The van der Waals surface area contributed by atoms with Crippen LogP contribution in [0.1, 0.15) is 28.9 Å². The van der Waals surface area contributed by atoms with Crippen LogP contribution >= 0.6 is 11.8 Å². The molecule has 3 aromatic rings. The molecule has 0 saturated carbocycles. The van der Waals surface area contributed by atoms with E-state index in [1.165, 1.54) is 23.9 Å². The van der Waals surface area contributed by atoms with Crippen LogP contribution in [0.15, 0.2) is 65.6 Å². The third-order valence-electron chi connectivity index (χ3n) is 5.98. The van der Waals surface area contributed by atoms with E-state index in [1.807, 2.05) is 23.3 Å². The van der Waals surface area contributed by atoms with E-state index in [0.29, 0.717) is 54.1 Å². The molecule has 1 heterocycles. The summed E-state index contributed by atoms with van der Waals surface area (Å²) in [6.45, 7) is 3.41. The Morgan fingerprint density at radius 1 is 0.939 bits per heavy atom. The Kier molecular flexibility index (Phi) is 7.00. The highest BCUT2D eigenvalue weighted by atomic mass is 32.2. The zero-order chi connectivity index (χ0) is 23.5. The van der Waals surface area contributed by atoms with Gasteiger partial charge in [-0.1, -0.05) is 30.3 Å². The van der Waals surface area contributed by atoms with E-state index in [4.69, 9.17) is 0 Å². The van der Waals surface area contributed by atoms with Crippen molar-refractivity contribution in [1.29, 1.82) is 0 Å². The van der Waals surface area contributed by atoms with Crippen molar-refractivity contribution in [3.05, 3.63) is 83.4 Å². The fourth-order valence-corrected chi connectivity index (χ4v) is 4.54. The molecule has 172 valence electrons. The molecule has 4 rings (SSSR count). The molecule has 1 atom stereocenters. The lowest BCUT2D eigenvalue weighted by Crippen LogP contribution is -2.49.